The molecule has 0 aliphatic heterocycles. The number of carbonyl (C=O) groups excluding carboxylic acids is 1. The highest BCUT2D eigenvalue weighted by Gasteiger charge is 2.16. The van der Waals surface area contributed by atoms with Crippen LogP contribution in [0.5, 0.6) is 0 Å². The number of aromatic nitrogens is 3. The first-order valence-corrected chi connectivity index (χ1v) is 6.22. The van der Waals surface area contributed by atoms with Gasteiger partial charge in [0.2, 0.25) is 5.89 Å². The summed E-state index contributed by atoms with van der Waals surface area (Å²) in [7, 11) is 0. The van der Waals surface area contributed by atoms with E-state index in [9.17, 15) is 9.90 Å². The SMILES string of the molecule is CC(=O)/C(Sc1nnc(-c2ccncc2)o1)=C(\C)O. The summed E-state index contributed by atoms with van der Waals surface area (Å²) in [5, 5.41) is 17.3. The van der Waals surface area contributed by atoms with Gasteiger partial charge in [-0.1, -0.05) is 0 Å². The Labute approximate surface area is 113 Å². The second-order valence-electron chi connectivity index (χ2n) is 3.68. The molecule has 2 aromatic rings. The summed E-state index contributed by atoms with van der Waals surface area (Å²) in [5.74, 6) is 0.0122. The van der Waals surface area contributed by atoms with Crippen LogP contribution in [0.15, 0.2) is 44.8 Å². The normalized spacial score (nSPS) is 12.1. The van der Waals surface area contributed by atoms with Crippen LogP contribution in [0, 0.1) is 0 Å². The zero-order valence-electron chi connectivity index (χ0n) is 10.3. The van der Waals surface area contributed by atoms with Crippen LogP contribution in [0.3, 0.4) is 0 Å². The van der Waals surface area contributed by atoms with Crippen molar-refractivity contribution in [3.8, 4) is 11.5 Å². The summed E-state index contributed by atoms with van der Waals surface area (Å²) >= 11 is 0.945. The number of aliphatic hydroxyl groups excluding tert-OH is 1. The van der Waals surface area contributed by atoms with Crippen molar-refractivity contribution in [2.45, 2.75) is 19.1 Å². The Morgan fingerprint density at radius 2 is 1.95 bits per heavy atom. The number of carbonyl (C=O) groups is 1. The summed E-state index contributed by atoms with van der Waals surface area (Å²) in [6.07, 6.45) is 3.23. The molecule has 0 unspecified atom stereocenters. The molecule has 0 aliphatic rings. The number of Topliss-reactive ketones (excluding diaryl/α,β-unsaturated/α-hetero) is 1. The summed E-state index contributed by atoms with van der Waals surface area (Å²) in [5.41, 5.74) is 0.739. The third-order valence-corrected chi connectivity index (χ3v) is 3.30. The molecule has 0 saturated carbocycles. The highest BCUT2D eigenvalue weighted by molar-refractivity contribution is 8.03. The topological polar surface area (TPSA) is 89.1 Å². The van der Waals surface area contributed by atoms with Crippen LogP contribution in [0.4, 0.5) is 0 Å². The van der Waals surface area contributed by atoms with E-state index >= 15 is 0 Å². The van der Waals surface area contributed by atoms with Gasteiger partial charge in [0, 0.05) is 18.0 Å². The number of rotatable bonds is 4. The van der Waals surface area contributed by atoms with Crippen LogP contribution in [-0.4, -0.2) is 26.1 Å². The quantitative estimate of drug-likeness (QED) is 0.522. The van der Waals surface area contributed by atoms with E-state index in [1.807, 2.05) is 0 Å². The minimum atomic E-state index is -0.256. The van der Waals surface area contributed by atoms with E-state index in [4.69, 9.17) is 4.42 Å². The number of hydrogen-bond donors (Lipinski definition) is 1. The Morgan fingerprint density at radius 3 is 2.53 bits per heavy atom. The van der Waals surface area contributed by atoms with Crippen LogP contribution in [0.1, 0.15) is 13.8 Å². The minimum Gasteiger partial charge on any atom is -0.511 e. The molecular weight excluding hydrogens is 266 g/mol. The molecule has 2 rings (SSSR count). The number of hydrogen-bond acceptors (Lipinski definition) is 7. The van der Waals surface area contributed by atoms with E-state index in [0.29, 0.717) is 5.89 Å². The maximum absolute atomic E-state index is 11.3. The molecule has 0 fully saturated rings. The van der Waals surface area contributed by atoms with E-state index in [1.54, 1.807) is 24.5 Å². The lowest BCUT2D eigenvalue weighted by Crippen LogP contribution is -1.96. The van der Waals surface area contributed by atoms with Gasteiger partial charge in [-0.2, -0.15) is 0 Å². The zero-order chi connectivity index (χ0) is 13.8. The van der Waals surface area contributed by atoms with Gasteiger partial charge in [0.1, 0.15) is 5.76 Å². The van der Waals surface area contributed by atoms with Crippen LogP contribution in [0.25, 0.3) is 11.5 Å². The summed E-state index contributed by atoms with van der Waals surface area (Å²) < 4.78 is 5.42. The lowest BCUT2D eigenvalue weighted by Gasteiger charge is -2.00. The number of pyridine rings is 1. The van der Waals surface area contributed by atoms with Crippen LogP contribution in [-0.2, 0) is 4.79 Å². The number of aliphatic hydroxyl groups is 1. The van der Waals surface area contributed by atoms with Crippen molar-refractivity contribution in [3.05, 3.63) is 35.2 Å². The first kappa shape index (κ1) is 13.3. The smallest absolute Gasteiger partial charge is 0.281 e. The zero-order valence-corrected chi connectivity index (χ0v) is 11.1. The number of thioether (sulfide) groups is 1. The fourth-order valence-electron chi connectivity index (χ4n) is 1.35. The molecule has 0 atom stereocenters. The Morgan fingerprint density at radius 1 is 1.26 bits per heavy atom. The molecule has 0 aromatic carbocycles. The molecule has 0 radical (unpaired) electrons. The fourth-order valence-corrected chi connectivity index (χ4v) is 2.02. The molecule has 0 bridgehead atoms. The van der Waals surface area contributed by atoms with Crippen molar-refractivity contribution in [2.75, 3.05) is 0 Å². The molecule has 0 aliphatic carbocycles. The Bertz CT molecular complexity index is 618. The highest BCUT2D eigenvalue weighted by Crippen LogP contribution is 2.29. The first-order chi connectivity index (χ1) is 9.08. The van der Waals surface area contributed by atoms with Gasteiger partial charge >= 0.3 is 0 Å². The molecule has 0 spiro atoms. The Kier molecular flexibility index (Phi) is 3.96. The van der Waals surface area contributed by atoms with Gasteiger partial charge < -0.3 is 9.52 Å². The van der Waals surface area contributed by atoms with Gasteiger partial charge in [-0.25, -0.2) is 0 Å². The van der Waals surface area contributed by atoms with E-state index in [1.165, 1.54) is 13.8 Å². The van der Waals surface area contributed by atoms with Crippen molar-refractivity contribution in [2.24, 2.45) is 0 Å². The van der Waals surface area contributed by atoms with Crippen molar-refractivity contribution < 1.29 is 14.3 Å². The number of nitrogens with zero attached hydrogens (tertiary/aromatic N) is 3. The van der Waals surface area contributed by atoms with E-state index in [-0.39, 0.29) is 21.7 Å². The number of ketones is 1. The molecular formula is C12H11N3O3S. The van der Waals surface area contributed by atoms with Crippen molar-refractivity contribution >= 4 is 17.5 Å². The fraction of sp³-hybridized carbons (Fsp3) is 0.167. The molecule has 6 nitrogen and oxygen atoms in total. The van der Waals surface area contributed by atoms with Gasteiger partial charge in [0.05, 0.1) is 4.91 Å². The van der Waals surface area contributed by atoms with Crippen LogP contribution in [0.2, 0.25) is 0 Å². The molecule has 2 heterocycles. The predicted molar refractivity (Wildman–Crippen MR) is 69.4 cm³/mol. The van der Waals surface area contributed by atoms with Gasteiger partial charge in [0.25, 0.3) is 5.22 Å². The molecule has 19 heavy (non-hydrogen) atoms. The van der Waals surface area contributed by atoms with Gasteiger partial charge in [-0.3, -0.25) is 9.78 Å². The molecule has 98 valence electrons. The average molecular weight is 277 g/mol. The van der Waals surface area contributed by atoms with Crippen molar-refractivity contribution in [1.82, 2.24) is 15.2 Å². The maximum Gasteiger partial charge on any atom is 0.281 e. The van der Waals surface area contributed by atoms with Crippen molar-refractivity contribution in [1.29, 1.82) is 0 Å². The van der Waals surface area contributed by atoms with Gasteiger partial charge in [-0.15, -0.1) is 10.2 Å². The first-order valence-electron chi connectivity index (χ1n) is 5.40. The summed E-state index contributed by atoms with van der Waals surface area (Å²) in [6, 6.07) is 3.47. The molecule has 7 heteroatoms. The minimum absolute atomic E-state index is 0.0684. The van der Waals surface area contributed by atoms with Gasteiger partial charge in [-0.05, 0) is 37.7 Å². The standard InChI is InChI=1S/C12H11N3O3S/c1-7(16)10(8(2)17)19-12-15-14-11(18-12)9-3-5-13-6-4-9/h3-6,16H,1-2H3/b10-7-. The van der Waals surface area contributed by atoms with E-state index in [0.717, 1.165) is 17.3 Å². The third-order valence-electron chi connectivity index (χ3n) is 2.17. The highest BCUT2D eigenvalue weighted by atomic mass is 32.2. The monoisotopic (exact) mass is 277 g/mol. The van der Waals surface area contributed by atoms with E-state index in [2.05, 4.69) is 15.2 Å². The average Bonchev–Trinajstić information content (AvgIpc) is 2.85. The summed E-state index contributed by atoms with van der Waals surface area (Å²) in [6.45, 7) is 2.80. The molecule has 1 N–H and O–H groups in total. The predicted octanol–water partition coefficient (Wildman–Crippen LogP) is 2.60. The van der Waals surface area contributed by atoms with E-state index < -0.39 is 0 Å². The van der Waals surface area contributed by atoms with Crippen LogP contribution < -0.4 is 0 Å². The summed E-state index contributed by atoms with van der Waals surface area (Å²) in [4.78, 5) is 15.4. The third kappa shape index (κ3) is 3.19. The van der Waals surface area contributed by atoms with Crippen LogP contribution >= 0.6 is 11.8 Å². The van der Waals surface area contributed by atoms with Crippen molar-refractivity contribution in [3.63, 3.8) is 0 Å². The second kappa shape index (κ2) is 5.66. The second-order valence-corrected chi connectivity index (χ2v) is 4.64. The Hall–Kier alpha value is -2.15. The molecule has 0 amide bonds. The lowest BCUT2D eigenvalue weighted by molar-refractivity contribution is -0.113. The maximum atomic E-state index is 11.3. The largest absolute Gasteiger partial charge is 0.511 e. The Balaban J connectivity index is 2.23. The number of allylic oxidation sites excluding steroid dienone is 2. The lowest BCUT2D eigenvalue weighted by atomic mass is 10.3. The van der Waals surface area contributed by atoms with Gasteiger partial charge in [0.15, 0.2) is 5.78 Å². The molecule has 2 aromatic heterocycles. The molecule has 0 saturated heterocycles.